The van der Waals surface area contributed by atoms with E-state index in [2.05, 4.69) is 12.2 Å². The van der Waals surface area contributed by atoms with Gasteiger partial charge in [0.15, 0.2) is 0 Å². The van der Waals surface area contributed by atoms with Crippen molar-refractivity contribution in [3.63, 3.8) is 0 Å². The fraction of sp³-hybridized carbons (Fsp3) is 0.154. The van der Waals surface area contributed by atoms with E-state index >= 15 is 0 Å². The van der Waals surface area contributed by atoms with Gasteiger partial charge >= 0.3 is 0 Å². The van der Waals surface area contributed by atoms with Crippen LogP contribution < -0.4 is 10.1 Å². The maximum absolute atomic E-state index is 13.4. The van der Waals surface area contributed by atoms with Crippen LogP contribution in [0.1, 0.15) is 35.3 Å². The number of amides is 1. The van der Waals surface area contributed by atoms with E-state index < -0.39 is 0 Å². The molecule has 0 saturated carbocycles. The van der Waals surface area contributed by atoms with Gasteiger partial charge in [-0.3, -0.25) is 4.79 Å². The number of ether oxygens (including phenoxy) is 1. The van der Waals surface area contributed by atoms with E-state index in [0.29, 0.717) is 11.3 Å². The van der Waals surface area contributed by atoms with Crippen molar-refractivity contribution < 1.29 is 9.53 Å². The van der Waals surface area contributed by atoms with Gasteiger partial charge in [0.25, 0.3) is 5.91 Å². The number of hydrogen-bond donors (Lipinski definition) is 1. The summed E-state index contributed by atoms with van der Waals surface area (Å²) in [6, 6.07) is 27.3. The van der Waals surface area contributed by atoms with Gasteiger partial charge in [0, 0.05) is 10.9 Å². The first kappa shape index (κ1) is 19.6. The zero-order chi connectivity index (χ0) is 20.9. The van der Waals surface area contributed by atoms with Crippen molar-refractivity contribution in [2.75, 3.05) is 7.11 Å². The zero-order valence-electron chi connectivity index (χ0n) is 17.1. The molecule has 1 heterocycles. The molecule has 30 heavy (non-hydrogen) atoms. The number of aromatic nitrogens is 1. The molecule has 4 heteroatoms. The summed E-state index contributed by atoms with van der Waals surface area (Å²) in [7, 11) is 1.64. The van der Waals surface area contributed by atoms with E-state index in [1.165, 1.54) is 0 Å². The molecule has 0 saturated heterocycles. The summed E-state index contributed by atoms with van der Waals surface area (Å²) in [4.78, 5) is 18.2. The number of benzene rings is 3. The van der Waals surface area contributed by atoms with Crippen molar-refractivity contribution in [1.29, 1.82) is 0 Å². The van der Waals surface area contributed by atoms with Crippen LogP contribution in [0, 0.1) is 0 Å². The molecule has 4 aromatic rings. The van der Waals surface area contributed by atoms with Crippen molar-refractivity contribution in [1.82, 2.24) is 10.3 Å². The monoisotopic (exact) mass is 396 g/mol. The molecule has 3 aromatic carbocycles. The molecular formula is C26H24N2O2. The normalized spacial score (nSPS) is 11.8. The van der Waals surface area contributed by atoms with E-state index in [9.17, 15) is 4.79 Å². The highest BCUT2D eigenvalue weighted by Crippen LogP contribution is 2.31. The minimum Gasteiger partial charge on any atom is -0.496 e. The highest BCUT2D eigenvalue weighted by molar-refractivity contribution is 6.07. The van der Waals surface area contributed by atoms with Gasteiger partial charge < -0.3 is 10.1 Å². The summed E-state index contributed by atoms with van der Waals surface area (Å²) < 4.78 is 5.51. The van der Waals surface area contributed by atoms with Crippen LogP contribution in [0.3, 0.4) is 0 Å². The lowest BCUT2D eigenvalue weighted by Gasteiger charge is -2.19. The standard InChI is InChI=1S/C26H24N2O2/c1-3-22(18-11-5-4-6-12-18)28-26(29)21-17-24(20-14-8-10-16-25(20)30-2)27-23-15-9-7-13-19(21)23/h4-17,22H,3H2,1-2H3,(H,28,29)/t22-/m0/s1. The smallest absolute Gasteiger partial charge is 0.252 e. The molecule has 1 amide bonds. The van der Waals surface area contributed by atoms with Crippen molar-refractivity contribution >= 4 is 16.8 Å². The first-order chi connectivity index (χ1) is 14.7. The van der Waals surface area contributed by atoms with E-state index in [0.717, 1.165) is 34.2 Å². The van der Waals surface area contributed by atoms with Gasteiger partial charge in [-0.05, 0) is 36.2 Å². The van der Waals surface area contributed by atoms with Crippen molar-refractivity contribution in [2.45, 2.75) is 19.4 Å². The first-order valence-corrected chi connectivity index (χ1v) is 10.1. The maximum atomic E-state index is 13.4. The molecular weight excluding hydrogens is 372 g/mol. The molecule has 0 aliphatic carbocycles. The fourth-order valence-electron chi connectivity index (χ4n) is 3.70. The van der Waals surface area contributed by atoms with Crippen LogP contribution in [0.5, 0.6) is 5.75 Å². The number of rotatable bonds is 6. The second-order valence-corrected chi connectivity index (χ2v) is 7.12. The lowest BCUT2D eigenvalue weighted by Crippen LogP contribution is -2.28. The molecule has 0 bridgehead atoms. The number of methoxy groups -OCH3 is 1. The van der Waals surface area contributed by atoms with E-state index in [4.69, 9.17) is 9.72 Å². The van der Waals surface area contributed by atoms with Crippen LogP contribution in [0.25, 0.3) is 22.2 Å². The topological polar surface area (TPSA) is 51.2 Å². The lowest BCUT2D eigenvalue weighted by atomic mass is 10.0. The second-order valence-electron chi connectivity index (χ2n) is 7.12. The summed E-state index contributed by atoms with van der Waals surface area (Å²) in [5.74, 6) is 0.614. The van der Waals surface area contributed by atoms with Gasteiger partial charge in [-0.1, -0.05) is 67.6 Å². The van der Waals surface area contributed by atoms with E-state index in [-0.39, 0.29) is 11.9 Å². The second kappa shape index (κ2) is 8.78. The summed E-state index contributed by atoms with van der Waals surface area (Å²) in [5, 5.41) is 4.03. The number of carbonyl (C=O) groups is 1. The third kappa shape index (κ3) is 3.90. The van der Waals surface area contributed by atoms with Crippen molar-refractivity contribution in [3.8, 4) is 17.0 Å². The Hall–Kier alpha value is -3.66. The Balaban J connectivity index is 1.78. The third-order valence-corrected chi connectivity index (χ3v) is 5.26. The van der Waals surface area contributed by atoms with Crippen molar-refractivity contribution in [3.05, 3.63) is 96.1 Å². The molecule has 1 aromatic heterocycles. The lowest BCUT2D eigenvalue weighted by molar-refractivity contribution is 0.0937. The SMILES string of the molecule is CC[C@H](NC(=O)c1cc(-c2ccccc2OC)nc2ccccc12)c1ccccc1. The molecule has 0 aliphatic rings. The Bertz CT molecular complexity index is 1170. The Morgan fingerprint density at radius 3 is 2.43 bits per heavy atom. The molecule has 1 N–H and O–H groups in total. The fourth-order valence-corrected chi connectivity index (χ4v) is 3.70. The maximum Gasteiger partial charge on any atom is 0.252 e. The molecule has 0 aliphatic heterocycles. The largest absolute Gasteiger partial charge is 0.496 e. The van der Waals surface area contributed by atoms with Crippen LogP contribution >= 0.6 is 0 Å². The summed E-state index contributed by atoms with van der Waals surface area (Å²) >= 11 is 0. The zero-order valence-corrected chi connectivity index (χ0v) is 17.1. The Morgan fingerprint density at radius 1 is 0.967 bits per heavy atom. The molecule has 0 spiro atoms. The van der Waals surface area contributed by atoms with Gasteiger partial charge in [-0.25, -0.2) is 4.98 Å². The van der Waals surface area contributed by atoms with E-state index in [1.54, 1.807) is 7.11 Å². The summed E-state index contributed by atoms with van der Waals surface area (Å²) in [6.45, 7) is 2.07. The van der Waals surface area contributed by atoms with Crippen LogP contribution in [-0.2, 0) is 0 Å². The molecule has 4 rings (SSSR count). The average Bonchev–Trinajstić information content (AvgIpc) is 2.82. The number of carbonyl (C=O) groups excluding carboxylic acids is 1. The Kier molecular flexibility index (Phi) is 5.75. The molecule has 150 valence electrons. The number of nitrogens with one attached hydrogen (secondary N) is 1. The third-order valence-electron chi connectivity index (χ3n) is 5.26. The van der Waals surface area contributed by atoms with Crippen molar-refractivity contribution in [2.24, 2.45) is 0 Å². The highest BCUT2D eigenvalue weighted by atomic mass is 16.5. The predicted octanol–water partition coefficient (Wildman–Crippen LogP) is 5.79. The molecule has 0 fully saturated rings. The number of para-hydroxylation sites is 2. The van der Waals surface area contributed by atoms with Crippen LogP contribution in [-0.4, -0.2) is 18.0 Å². The molecule has 0 unspecified atom stereocenters. The predicted molar refractivity (Wildman–Crippen MR) is 121 cm³/mol. The Morgan fingerprint density at radius 2 is 1.67 bits per heavy atom. The Labute approximate surface area is 176 Å². The van der Waals surface area contributed by atoms with Crippen LogP contribution in [0.15, 0.2) is 84.9 Å². The number of hydrogen-bond acceptors (Lipinski definition) is 3. The molecule has 1 atom stereocenters. The minimum absolute atomic E-state index is 0.0552. The van der Waals surface area contributed by atoms with E-state index in [1.807, 2.05) is 84.9 Å². The van der Waals surface area contributed by atoms with Gasteiger partial charge in [0.1, 0.15) is 5.75 Å². The minimum atomic E-state index is -0.111. The number of pyridine rings is 1. The molecule has 4 nitrogen and oxygen atoms in total. The average molecular weight is 396 g/mol. The van der Waals surface area contributed by atoms with Crippen LogP contribution in [0.4, 0.5) is 0 Å². The van der Waals surface area contributed by atoms with Crippen LogP contribution in [0.2, 0.25) is 0 Å². The summed E-state index contributed by atoms with van der Waals surface area (Å²) in [5.41, 5.74) is 4.05. The van der Waals surface area contributed by atoms with Gasteiger partial charge in [-0.15, -0.1) is 0 Å². The summed E-state index contributed by atoms with van der Waals surface area (Å²) in [6.07, 6.45) is 0.804. The highest BCUT2D eigenvalue weighted by Gasteiger charge is 2.19. The molecule has 0 radical (unpaired) electrons. The van der Waals surface area contributed by atoms with Gasteiger partial charge in [0.05, 0.1) is 29.9 Å². The number of nitrogens with zero attached hydrogens (tertiary/aromatic N) is 1. The number of fused-ring (bicyclic) bond motifs is 1. The van der Waals surface area contributed by atoms with Gasteiger partial charge in [0.2, 0.25) is 0 Å². The van der Waals surface area contributed by atoms with Gasteiger partial charge in [-0.2, -0.15) is 0 Å². The quantitative estimate of drug-likeness (QED) is 0.449. The first-order valence-electron chi connectivity index (χ1n) is 10.1.